The second kappa shape index (κ2) is 8.17. The molecule has 0 aliphatic carbocycles. The molecule has 29 heavy (non-hydrogen) atoms. The van der Waals surface area contributed by atoms with E-state index in [0.717, 1.165) is 6.92 Å². The van der Waals surface area contributed by atoms with Gasteiger partial charge in [-0.05, 0) is 0 Å². The Bertz CT molecular complexity index is 910. The monoisotopic (exact) mass is 430 g/mol. The number of carbonyl (C=O) groups is 1. The van der Waals surface area contributed by atoms with Crippen LogP contribution in [0.5, 0.6) is 0 Å². The van der Waals surface area contributed by atoms with Crippen molar-refractivity contribution in [2.75, 3.05) is 0 Å². The molecule has 0 atom stereocenters. The molecule has 2 rings (SSSR count). The molecule has 0 radical (unpaired) electrons. The van der Waals surface area contributed by atoms with Gasteiger partial charge in [-0.15, -0.1) is 0 Å². The topological polar surface area (TPSA) is 26.3 Å². The van der Waals surface area contributed by atoms with Crippen molar-refractivity contribution in [3.63, 3.8) is 0 Å². The van der Waals surface area contributed by atoms with Gasteiger partial charge in [-0.2, -0.15) is 0 Å². The minimum absolute atomic E-state index is 0.179. The van der Waals surface area contributed by atoms with Gasteiger partial charge in [0.05, 0.1) is 6.26 Å². The average molecular weight is 430 g/mol. The number of benzene rings is 2. The Morgan fingerprint density at radius 1 is 0.621 bits per heavy atom. The van der Waals surface area contributed by atoms with Crippen molar-refractivity contribution < 1.29 is 53.4 Å². The van der Waals surface area contributed by atoms with Crippen LogP contribution in [0.1, 0.15) is 6.92 Å². The second-order valence-electron chi connectivity index (χ2n) is 5.38. The molecule has 0 saturated heterocycles. The lowest BCUT2D eigenvalue weighted by Crippen LogP contribution is -2.49. The fourth-order valence-electron chi connectivity index (χ4n) is 2.34. The molecule has 13 heteroatoms. The molecule has 0 unspecified atom stereocenters. The van der Waals surface area contributed by atoms with E-state index >= 15 is 0 Å². The van der Waals surface area contributed by atoms with Crippen molar-refractivity contribution in [3.05, 3.63) is 70.4 Å². The summed E-state index contributed by atoms with van der Waals surface area (Å²) < 4.78 is 141. The van der Waals surface area contributed by atoms with Gasteiger partial charge in [-0.25, -0.2) is 43.9 Å². The third kappa shape index (κ3) is 3.80. The summed E-state index contributed by atoms with van der Waals surface area (Å²) in [7, 11) is 0. The Kier molecular flexibility index (Phi) is 6.29. The molecule has 2 aromatic carbocycles. The predicted octanol–water partition coefficient (Wildman–Crippen LogP) is 3.30. The van der Waals surface area contributed by atoms with E-state index in [-0.39, 0.29) is 12.2 Å². The Morgan fingerprint density at radius 3 is 1.17 bits per heavy atom. The van der Waals surface area contributed by atoms with E-state index in [1.54, 1.807) is 0 Å². The SMILES string of the molecule is CC(=O)O/C=C\B(c1c(F)c(F)c(F)c(F)c1F)c1c(F)c(F)c(F)c(F)c1F. The van der Waals surface area contributed by atoms with Crippen LogP contribution in [0.4, 0.5) is 43.9 Å². The largest absolute Gasteiger partial charge is 0.436 e. The molecule has 0 amide bonds. The van der Waals surface area contributed by atoms with E-state index in [1.807, 2.05) is 0 Å². The van der Waals surface area contributed by atoms with Crippen LogP contribution in [-0.2, 0) is 9.53 Å². The summed E-state index contributed by atoms with van der Waals surface area (Å²) in [5.41, 5.74) is -3.87. The first-order valence-electron chi connectivity index (χ1n) is 7.28. The van der Waals surface area contributed by atoms with E-state index < -0.39 is 81.8 Å². The summed E-state index contributed by atoms with van der Waals surface area (Å²) in [5.74, 6) is -26.7. The van der Waals surface area contributed by atoms with Crippen LogP contribution in [0.2, 0.25) is 0 Å². The first-order valence-corrected chi connectivity index (χ1v) is 7.28. The fraction of sp³-hybridized carbons (Fsp3) is 0.0625. The highest BCUT2D eigenvalue weighted by Crippen LogP contribution is 2.21. The van der Waals surface area contributed by atoms with Crippen molar-refractivity contribution in [2.45, 2.75) is 6.92 Å². The van der Waals surface area contributed by atoms with E-state index in [0.29, 0.717) is 0 Å². The summed E-state index contributed by atoms with van der Waals surface area (Å²) in [4.78, 5) is 10.8. The molecule has 0 saturated carbocycles. The zero-order chi connectivity index (χ0) is 22.2. The van der Waals surface area contributed by atoms with Gasteiger partial charge in [0.1, 0.15) is 0 Å². The van der Waals surface area contributed by atoms with Crippen molar-refractivity contribution >= 4 is 23.6 Å². The van der Waals surface area contributed by atoms with E-state index in [2.05, 4.69) is 4.74 Å². The van der Waals surface area contributed by atoms with Crippen molar-refractivity contribution in [3.8, 4) is 0 Å². The molecule has 0 N–H and O–H groups in total. The predicted molar refractivity (Wildman–Crippen MR) is 78.4 cm³/mol. The van der Waals surface area contributed by atoms with Crippen molar-refractivity contribution in [1.82, 2.24) is 0 Å². The van der Waals surface area contributed by atoms with E-state index in [1.165, 1.54) is 0 Å². The second-order valence-corrected chi connectivity index (χ2v) is 5.38. The molecule has 0 bridgehead atoms. The maximum absolute atomic E-state index is 14.1. The molecule has 2 aromatic rings. The van der Waals surface area contributed by atoms with Crippen LogP contribution < -0.4 is 10.9 Å². The molecule has 0 aromatic heterocycles. The Balaban J connectivity index is 2.93. The molecule has 154 valence electrons. The van der Waals surface area contributed by atoms with E-state index in [4.69, 9.17) is 0 Å². The molecule has 0 fully saturated rings. The first-order chi connectivity index (χ1) is 13.4. The number of hydrogen-bond acceptors (Lipinski definition) is 2. The molecule has 0 aliphatic heterocycles. The third-order valence-corrected chi connectivity index (χ3v) is 3.61. The number of rotatable bonds is 4. The number of hydrogen-bond donors (Lipinski definition) is 0. The smallest absolute Gasteiger partial charge is 0.307 e. The number of halogens is 10. The summed E-state index contributed by atoms with van der Waals surface area (Å²) in [6.07, 6.45) is 0.225. The maximum Gasteiger partial charge on any atom is 0.307 e. The van der Waals surface area contributed by atoms with Gasteiger partial charge in [0.25, 0.3) is 6.71 Å². The van der Waals surface area contributed by atoms with Gasteiger partial charge < -0.3 is 4.74 Å². The lowest BCUT2D eigenvalue weighted by Gasteiger charge is -2.16. The summed E-state index contributed by atoms with van der Waals surface area (Å²) in [5, 5.41) is 0. The van der Waals surface area contributed by atoms with Crippen LogP contribution >= 0.6 is 0 Å². The quantitative estimate of drug-likeness (QED) is 0.186. The van der Waals surface area contributed by atoms with Crippen LogP contribution in [-0.4, -0.2) is 12.7 Å². The van der Waals surface area contributed by atoms with E-state index in [9.17, 15) is 48.7 Å². The van der Waals surface area contributed by atoms with Gasteiger partial charge >= 0.3 is 5.97 Å². The molecule has 2 nitrogen and oxygen atoms in total. The molecule has 0 aliphatic rings. The zero-order valence-electron chi connectivity index (χ0n) is 13.8. The van der Waals surface area contributed by atoms with Gasteiger partial charge in [-0.3, -0.25) is 4.79 Å². The zero-order valence-corrected chi connectivity index (χ0v) is 13.8. The Morgan fingerprint density at radius 2 is 0.897 bits per heavy atom. The highest BCUT2D eigenvalue weighted by atomic mass is 19.2. The minimum atomic E-state index is -2.76. The first kappa shape index (κ1) is 22.3. The van der Waals surface area contributed by atoms with Gasteiger partial charge in [-0.1, -0.05) is 5.98 Å². The molecular formula is C16H5BF10O2. The van der Waals surface area contributed by atoms with Crippen LogP contribution in [0.25, 0.3) is 0 Å². The number of esters is 1. The highest BCUT2D eigenvalue weighted by Gasteiger charge is 2.38. The van der Waals surface area contributed by atoms with Crippen LogP contribution in [0.3, 0.4) is 0 Å². The standard InChI is InChI=1S/C16H5BF10O2/c1-4(28)29-3-2-17(5-7(18)11(22)15(26)12(23)8(5)19)6-9(20)13(24)16(27)14(25)10(6)21/h2-3H,1H3/b3-2-. The Hall–Kier alpha value is -2.99. The molecular weight excluding hydrogens is 425 g/mol. The van der Waals surface area contributed by atoms with Crippen molar-refractivity contribution in [1.29, 1.82) is 0 Å². The van der Waals surface area contributed by atoms with Crippen LogP contribution in [0, 0.1) is 58.2 Å². The molecule has 0 heterocycles. The summed E-state index contributed by atoms with van der Waals surface area (Å²) in [6.45, 7) is -1.96. The highest BCUT2D eigenvalue weighted by molar-refractivity contribution is 6.89. The fourth-order valence-corrected chi connectivity index (χ4v) is 2.34. The third-order valence-electron chi connectivity index (χ3n) is 3.61. The average Bonchev–Trinajstić information content (AvgIpc) is 2.67. The number of carbonyl (C=O) groups excluding carboxylic acids is 1. The van der Waals surface area contributed by atoms with Crippen molar-refractivity contribution in [2.24, 2.45) is 0 Å². The maximum atomic E-state index is 14.1. The molecule has 0 spiro atoms. The normalized spacial score (nSPS) is 11.3. The van der Waals surface area contributed by atoms with Crippen LogP contribution in [0.15, 0.2) is 12.2 Å². The summed E-state index contributed by atoms with van der Waals surface area (Å²) in [6, 6.07) is 0. The lowest BCUT2D eigenvalue weighted by atomic mass is 9.40. The Labute approximate surface area is 155 Å². The summed E-state index contributed by atoms with van der Waals surface area (Å²) >= 11 is 0. The van der Waals surface area contributed by atoms with Gasteiger partial charge in [0, 0.05) is 17.8 Å². The lowest BCUT2D eigenvalue weighted by molar-refractivity contribution is -0.135. The van der Waals surface area contributed by atoms with Gasteiger partial charge in [0.15, 0.2) is 58.2 Å². The van der Waals surface area contributed by atoms with Gasteiger partial charge in [0.2, 0.25) is 0 Å². The number of ether oxygens (including phenoxy) is 1. The minimum Gasteiger partial charge on any atom is -0.436 e.